The number of aliphatic hydroxyl groups is 1. The van der Waals surface area contributed by atoms with Crippen molar-refractivity contribution < 1.29 is 13.5 Å². The van der Waals surface area contributed by atoms with Gasteiger partial charge in [-0.2, -0.15) is 0 Å². The highest BCUT2D eigenvalue weighted by atomic mass is 32.2. The molecular formula is C20H42O3S. The van der Waals surface area contributed by atoms with Crippen LogP contribution >= 0.6 is 0 Å². The molecule has 0 aliphatic heterocycles. The summed E-state index contributed by atoms with van der Waals surface area (Å²) in [6, 6.07) is 0. The van der Waals surface area contributed by atoms with Gasteiger partial charge in [-0.3, -0.25) is 0 Å². The van der Waals surface area contributed by atoms with Gasteiger partial charge < -0.3 is 5.11 Å². The van der Waals surface area contributed by atoms with E-state index in [0.29, 0.717) is 0 Å². The van der Waals surface area contributed by atoms with Gasteiger partial charge in [-0.05, 0) is 12.3 Å². The van der Waals surface area contributed by atoms with Crippen molar-refractivity contribution in [2.24, 2.45) is 5.92 Å². The van der Waals surface area contributed by atoms with Crippen LogP contribution in [0.15, 0.2) is 0 Å². The van der Waals surface area contributed by atoms with E-state index < -0.39 is 9.84 Å². The molecule has 0 bridgehead atoms. The molecule has 0 amide bonds. The zero-order chi connectivity index (χ0) is 18.1. The largest absolute Gasteiger partial charge is 0.396 e. The van der Waals surface area contributed by atoms with Crippen LogP contribution in [0.1, 0.15) is 104 Å². The second-order valence-corrected chi connectivity index (χ2v) is 9.73. The predicted molar refractivity (Wildman–Crippen MR) is 105 cm³/mol. The molecule has 0 rings (SSSR count). The van der Waals surface area contributed by atoms with Gasteiger partial charge in [0.05, 0.1) is 11.5 Å². The Morgan fingerprint density at radius 3 is 1.46 bits per heavy atom. The molecule has 0 heterocycles. The molecule has 0 aromatic heterocycles. The molecule has 0 spiro atoms. The Hall–Kier alpha value is -0.0900. The first-order chi connectivity index (χ1) is 11.5. The predicted octanol–water partition coefficient (Wildman–Crippen LogP) is 5.51. The maximum atomic E-state index is 11.8. The number of rotatable bonds is 18. The summed E-state index contributed by atoms with van der Waals surface area (Å²) in [6.07, 6.45) is 17.9. The number of hydrogen-bond acceptors (Lipinski definition) is 3. The van der Waals surface area contributed by atoms with Gasteiger partial charge in [0.15, 0.2) is 9.84 Å². The Morgan fingerprint density at radius 2 is 1.08 bits per heavy atom. The van der Waals surface area contributed by atoms with Gasteiger partial charge in [0.1, 0.15) is 0 Å². The van der Waals surface area contributed by atoms with Gasteiger partial charge in [0.2, 0.25) is 0 Å². The van der Waals surface area contributed by atoms with E-state index in [1.165, 1.54) is 70.6 Å². The van der Waals surface area contributed by atoms with Crippen LogP contribution in [-0.2, 0) is 9.84 Å². The van der Waals surface area contributed by atoms with Crippen molar-refractivity contribution in [2.75, 3.05) is 18.1 Å². The third-order valence-corrected chi connectivity index (χ3v) is 6.65. The molecule has 0 aliphatic carbocycles. The van der Waals surface area contributed by atoms with Crippen LogP contribution in [0.5, 0.6) is 0 Å². The summed E-state index contributed by atoms with van der Waals surface area (Å²) < 4.78 is 23.6. The third kappa shape index (κ3) is 16.8. The Bertz CT molecular complexity index is 352. The molecule has 1 unspecified atom stereocenters. The van der Waals surface area contributed by atoms with Crippen LogP contribution in [0, 0.1) is 5.92 Å². The normalized spacial score (nSPS) is 13.3. The third-order valence-electron chi connectivity index (χ3n) is 4.66. The highest BCUT2D eigenvalue weighted by Gasteiger charge is 2.14. The minimum Gasteiger partial charge on any atom is -0.396 e. The standard InChI is InChI=1S/C20H42O3S/c1-3-4-5-6-7-8-9-10-11-12-13-14-15-16-17-24(22,23)19-20(2)18-21/h20-21H,3-19H2,1-2H3. The van der Waals surface area contributed by atoms with Gasteiger partial charge >= 0.3 is 0 Å². The average molecular weight is 363 g/mol. The van der Waals surface area contributed by atoms with E-state index in [4.69, 9.17) is 5.11 Å². The first-order valence-corrected chi connectivity index (χ1v) is 12.1. The lowest BCUT2D eigenvalue weighted by molar-refractivity contribution is 0.249. The minimum atomic E-state index is -2.97. The van der Waals surface area contributed by atoms with Crippen LogP contribution in [-0.4, -0.2) is 31.6 Å². The lowest BCUT2D eigenvalue weighted by Crippen LogP contribution is -2.19. The van der Waals surface area contributed by atoms with Crippen molar-refractivity contribution >= 4 is 9.84 Å². The molecule has 1 atom stereocenters. The molecule has 0 saturated heterocycles. The van der Waals surface area contributed by atoms with E-state index in [-0.39, 0.29) is 24.0 Å². The van der Waals surface area contributed by atoms with Crippen molar-refractivity contribution in [3.63, 3.8) is 0 Å². The van der Waals surface area contributed by atoms with Gasteiger partial charge in [-0.25, -0.2) is 8.42 Å². The summed E-state index contributed by atoms with van der Waals surface area (Å²) in [7, 11) is -2.97. The van der Waals surface area contributed by atoms with Gasteiger partial charge in [0, 0.05) is 6.61 Å². The average Bonchev–Trinajstić information content (AvgIpc) is 2.54. The molecule has 0 aliphatic rings. The van der Waals surface area contributed by atoms with Crippen molar-refractivity contribution in [3.8, 4) is 0 Å². The quantitative estimate of drug-likeness (QED) is 0.327. The highest BCUT2D eigenvalue weighted by Crippen LogP contribution is 2.13. The van der Waals surface area contributed by atoms with Crippen molar-refractivity contribution in [2.45, 2.75) is 104 Å². The molecule has 0 fully saturated rings. The molecule has 0 radical (unpaired) electrons. The maximum absolute atomic E-state index is 11.8. The van der Waals surface area contributed by atoms with Crippen molar-refractivity contribution in [1.82, 2.24) is 0 Å². The van der Waals surface area contributed by atoms with E-state index in [2.05, 4.69) is 6.92 Å². The summed E-state index contributed by atoms with van der Waals surface area (Å²) in [4.78, 5) is 0. The molecule has 24 heavy (non-hydrogen) atoms. The Morgan fingerprint density at radius 1 is 0.708 bits per heavy atom. The number of hydrogen-bond donors (Lipinski definition) is 1. The molecule has 146 valence electrons. The summed E-state index contributed by atoms with van der Waals surface area (Å²) in [5.41, 5.74) is 0. The van der Waals surface area contributed by atoms with E-state index in [0.717, 1.165) is 19.3 Å². The van der Waals surface area contributed by atoms with Gasteiger partial charge in [-0.1, -0.05) is 97.3 Å². The topological polar surface area (TPSA) is 54.4 Å². The Labute approximate surface area is 151 Å². The Kier molecular flexibility index (Phi) is 16.3. The van der Waals surface area contributed by atoms with E-state index in [1.807, 2.05) is 0 Å². The fraction of sp³-hybridized carbons (Fsp3) is 1.00. The fourth-order valence-corrected chi connectivity index (χ4v) is 4.87. The van der Waals surface area contributed by atoms with Crippen LogP contribution in [0.2, 0.25) is 0 Å². The molecule has 0 aromatic rings. The molecule has 0 saturated carbocycles. The highest BCUT2D eigenvalue weighted by molar-refractivity contribution is 7.91. The van der Waals surface area contributed by atoms with Gasteiger partial charge in [-0.15, -0.1) is 0 Å². The maximum Gasteiger partial charge on any atom is 0.150 e. The van der Waals surface area contributed by atoms with Crippen LogP contribution in [0.3, 0.4) is 0 Å². The Balaban J connectivity index is 3.28. The molecule has 3 nitrogen and oxygen atoms in total. The summed E-state index contributed by atoms with van der Waals surface area (Å²) in [6.45, 7) is 4.00. The summed E-state index contributed by atoms with van der Waals surface area (Å²) in [5, 5.41) is 8.93. The minimum absolute atomic E-state index is 0.0437. The number of sulfone groups is 1. The van der Waals surface area contributed by atoms with E-state index in [9.17, 15) is 8.42 Å². The molecule has 0 aromatic carbocycles. The first kappa shape index (κ1) is 23.9. The number of aliphatic hydroxyl groups excluding tert-OH is 1. The summed E-state index contributed by atoms with van der Waals surface area (Å²) in [5.74, 6) is 0.277. The molecule has 4 heteroatoms. The number of unbranched alkanes of at least 4 members (excludes halogenated alkanes) is 13. The lowest BCUT2D eigenvalue weighted by Gasteiger charge is -2.08. The smallest absolute Gasteiger partial charge is 0.150 e. The van der Waals surface area contributed by atoms with E-state index in [1.54, 1.807) is 6.92 Å². The zero-order valence-corrected chi connectivity index (χ0v) is 17.1. The van der Waals surface area contributed by atoms with Crippen LogP contribution in [0.25, 0.3) is 0 Å². The SMILES string of the molecule is CCCCCCCCCCCCCCCCS(=O)(=O)CC(C)CO. The van der Waals surface area contributed by atoms with Crippen LogP contribution < -0.4 is 0 Å². The van der Waals surface area contributed by atoms with Gasteiger partial charge in [0.25, 0.3) is 0 Å². The van der Waals surface area contributed by atoms with Crippen LogP contribution in [0.4, 0.5) is 0 Å². The fourth-order valence-electron chi connectivity index (χ4n) is 3.09. The summed E-state index contributed by atoms with van der Waals surface area (Å²) >= 11 is 0. The van der Waals surface area contributed by atoms with Crippen molar-refractivity contribution in [3.05, 3.63) is 0 Å². The van der Waals surface area contributed by atoms with Crippen molar-refractivity contribution in [1.29, 1.82) is 0 Å². The monoisotopic (exact) mass is 362 g/mol. The molecule has 1 N–H and O–H groups in total. The van der Waals surface area contributed by atoms with E-state index >= 15 is 0 Å². The second-order valence-electron chi connectivity index (χ2n) is 7.50. The second kappa shape index (κ2) is 16.4. The molecular weight excluding hydrogens is 320 g/mol. The zero-order valence-electron chi connectivity index (χ0n) is 16.3. The first-order valence-electron chi connectivity index (χ1n) is 10.3. The lowest BCUT2D eigenvalue weighted by atomic mass is 10.0.